The van der Waals surface area contributed by atoms with Crippen molar-refractivity contribution >= 4 is 24.4 Å². The van der Waals surface area contributed by atoms with Crippen molar-refractivity contribution in [3.05, 3.63) is 36.4 Å². The number of rotatable bonds is 4. The molecule has 0 heterocycles. The van der Waals surface area contributed by atoms with Crippen LogP contribution in [0, 0.1) is 0 Å². The fraction of sp³-hybridized carbons (Fsp3) is 0.333. The summed E-state index contributed by atoms with van der Waals surface area (Å²) in [7, 11) is 0. The normalized spacial score (nSPS) is 11.1. The molecule has 0 bridgehead atoms. The summed E-state index contributed by atoms with van der Waals surface area (Å²) >= 11 is 4.29. The third-order valence-corrected chi connectivity index (χ3v) is 2.81. The molecule has 1 aromatic carbocycles. The fourth-order valence-electron chi connectivity index (χ4n) is 1.13. The van der Waals surface area contributed by atoms with Gasteiger partial charge >= 0.3 is 0 Å². The molecule has 0 aliphatic heterocycles. The predicted molar refractivity (Wildman–Crippen MR) is 68.1 cm³/mol. The lowest BCUT2D eigenvalue weighted by Crippen LogP contribution is -2.32. The Hall–Kier alpha value is -0.890. The zero-order valence-corrected chi connectivity index (χ0v) is 9.64. The molecule has 14 heavy (non-hydrogen) atoms. The highest BCUT2D eigenvalue weighted by Crippen LogP contribution is 2.17. The van der Waals surface area contributed by atoms with Gasteiger partial charge in [-0.25, -0.2) is 0 Å². The molecular weight excluding hydrogens is 190 g/mol. The van der Waals surface area contributed by atoms with Crippen LogP contribution in [0.4, 0.5) is 5.69 Å². The zero-order valence-electron chi connectivity index (χ0n) is 8.75. The molecule has 1 nitrogen and oxygen atoms in total. The topological polar surface area (TPSA) is 12.0 Å². The van der Waals surface area contributed by atoms with E-state index in [1.807, 2.05) is 18.2 Å². The summed E-state index contributed by atoms with van der Waals surface area (Å²) in [6.07, 6.45) is 1.84. The minimum absolute atomic E-state index is 0.0266. The Labute approximate surface area is 91.6 Å². The average Bonchev–Trinajstić information content (AvgIpc) is 2.19. The van der Waals surface area contributed by atoms with Gasteiger partial charge in [-0.05, 0) is 31.5 Å². The van der Waals surface area contributed by atoms with Gasteiger partial charge in [-0.3, -0.25) is 0 Å². The first-order valence-electron chi connectivity index (χ1n) is 4.69. The van der Waals surface area contributed by atoms with Crippen LogP contribution in [-0.2, 0) is 0 Å². The molecule has 0 spiro atoms. The molecule has 0 saturated heterocycles. The molecule has 1 N–H and O–H groups in total. The van der Waals surface area contributed by atoms with Gasteiger partial charge in [0.15, 0.2) is 0 Å². The number of benzene rings is 1. The van der Waals surface area contributed by atoms with Crippen molar-refractivity contribution in [3.8, 4) is 0 Å². The van der Waals surface area contributed by atoms with Crippen LogP contribution in [-0.4, -0.2) is 11.3 Å². The van der Waals surface area contributed by atoms with E-state index in [1.54, 1.807) is 0 Å². The molecule has 1 rings (SSSR count). The first kappa shape index (κ1) is 11.2. The second kappa shape index (κ2) is 4.56. The Balaban J connectivity index is 2.73. The third-order valence-electron chi connectivity index (χ3n) is 2.02. The van der Waals surface area contributed by atoms with Gasteiger partial charge in [0.05, 0.1) is 0 Å². The van der Waals surface area contributed by atoms with E-state index < -0.39 is 0 Å². The van der Waals surface area contributed by atoms with Gasteiger partial charge in [-0.15, -0.1) is 0 Å². The van der Waals surface area contributed by atoms with Crippen molar-refractivity contribution in [2.45, 2.75) is 19.4 Å². The lowest BCUT2D eigenvalue weighted by atomic mass is 10.1. The summed E-state index contributed by atoms with van der Waals surface area (Å²) in [5, 5.41) is 3.41. The maximum atomic E-state index is 4.29. The van der Waals surface area contributed by atoms with Crippen molar-refractivity contribution in [1.82, 2.24) is 0 Å². The molecule has 0 unspecified atom stereocenters. The molecular formula is C12H17NS. The molecule has 0 fully saturated rings. The zero-order chi connectivity index (χ0) is 10.6. The Morgan fingerprint density at radius 2 is 1.93 bits per heavy atom. The summed E-state index contributed by atoms with van der Waals surface area (Å²) in [4.78, 5) is 0. The number of thiol groups is 1. The Morgan fingerprint density at radius 1 is 1.36 bits per heavy atom. The van der Waals surface area contributed by atoms with Gasteiger partial charge in [0, 0.05) is 17.0 Å². The van der Waals surface area contributed by atoms with Crippen molar-refractivity contribution in [2.24, 2.45) is 0 Å². The summed E-state index contributed by atoms with van der Waals surface area (Å²) in [6.45, 7) is 7.97. The molecule has 76 valence electrons. The highest BCUT2D eigenvalue weighted by atomic mass is 32.1. The number of anilines is 1. The molecule has 0 aliphatic carbocycles. The van der Waals surface area contributed by atoms with E-state index in [-0.39, 0.29) is 5.54 Å². The van der Waals surface area contributed by atoms with Crippen LogP contribution >= 0.6 is 12.6 Å². The van der Waals surface area contributed by atoms with Crippen LogP contribution < -0.4 is 5.32 Å². The number of nitrogens with one attached hydrogen (secondary N) is 1. The van der Waals surface area contributed by atoms with Gasteiger partial charge in [-0.1, -0.05) is 24.8 Å². The van der Waals surface area contributed by atoms with E-state index in [0.717, 1.165) is 17.0 Å². The first-order valence-corrected chi connectivity index (χ1v) is 5.32. The van der Waals surface area contributed by atoms with Gasteiger partial charge in [-0.2, -0.15) is 12.6 Å². The van der Waals surface area contributed by atoms with E-state index in [9.17, 15) is 0 Å². The summed E-state index contributed by atoms with van der Waals surface area (Å²) in [5.41, 5.74) is 2.28. The van der Waals surface area contributed by atoms with Crippen molar-refractivity contribution in [2.75, 3.05) is 11.1 Å². The molecule has 0 saturated carbocycles. The van der Waals surface area contributed by atoms with Gasteiger partial charge < -0.3 is 5.32 Å². The van der Waals surface area contributed by atoms with Gasteiger partial charge in [0.25, 0.3) is 0 Å². The van der Waals surface area contributed by atoms with Crippen LogP contribution in [0.1, 0.15) is 19.4 Å². The molecule has 1 aromatic rings. The Kier molecular flexibility index (Phi) is 3.64. The number of hydrogen-bond donors (Lipinski definition) is 2. The first-order chi connectivity index (χ1) is 6.57. The van der Waals surface area contributed by atoms with E-state index in [4.69, 9.17) is 0 Å². The van der Waals surface area contributed by atoms with Crippen molar-refractivity contribution < 1.29 is 0 Å². The smallest absolute Gasteiger partial charge is 0.0405 e. The molecule has 2 heteroatoms. The van der Waals surface area contributed by atoms with Gasteiger partial charge in [0.2, 0.25) is 0 Å². The van der Waals surface area contributed by atoms with E-state index >= 15 is 0 Å². The lowest BCUT2D eigenvalue weighted by Gasteiger charge is -2.25. The Morgan fingerprint density at radius 3 is 2.36 bits per heavy atom. The third kappa shape index (κ3) is 3.11. The summed E-state index contributed by atoms with van der Waals surface area (Å²) in [6, 6.07) is 8.21. The second-order valence-corrected chi connectivity index (χ2v) is 4.31. The maximum Gasteiger partial charge on any atom is 0.0405 e. The van der Waals surface area contributed by atoms with E-state index in [2.05, 4.69) is 50.5 Å². The largest absolute Gasteiger partial charge is 0.379 e. The van der Waals surface area contributed by atoms with Crippen LogP contribution in [0.3, 0.4) is 0 Å². The monoisotopic (exact) mass is 207 g/mol. The fourth-order valence-corrected chi connectivity index (χ4v) is 1.21. The molecule has 0 aromatic heterocycles. The van der Waals surface area contributed by atoms with Crippen LogP contribution in [0.15, 0.2) is 30.8 Å². The summed E-state index contributed by atoms with van der Waals surface area (Å²) < 4.78 is 0. The Bertz CT molecular complexity index is 301. The number of hydrogen-bond acceptors (Lipinski definition) is 2. The predicted octanol–water partition coefficient (Wildman–Crippen LogP) is 3.45. The maximum absolute atomic E-state index is 4.29. The SMILES string of the molecule is C=Cc1ccc(NC(C)(C)CS)cc1. The van der Waals surface area contributed by atoms with Crippen LogP contribution in [0.25, 0.3) is 6.08 Å². The standard InChI is InChI=1S/C12H17NS/c1-4-10-5-7-11(8-6-10)13-12(2,3)9-14/h4-8,13-14H,1,9H2,2-3H3. The average molecular weight is 207 g/mol. The molecule has 0 atom stereocenters. The quantitative estimate of drug-likeness (QED) is 0.721. The highest BCUT2D eigenvalue weighted by molar-refractivity contribution is 7.80. The van der Waals surface area contributed by atoms with Crippen LogP contribution in [0.2, 0.25) is 0 Å². The van der Waals surface area contributed by atoms with Crippen molar-refractivity contribution in [1.29, 1.82) is 0 Å². The summed E-state index contributed by atoms with van der Waals surface area (Å²) in [5.74, 6) is 0.802. The minimum atomic E-state index is 0.0266. The molecule has 0 aliphatic rings. The van der Waals surface area contributed by atoms with Crippen LogP contribution in [0.5, 0.6) is 0 Å². The molecule has 0 radical (unpaired) electrons. The molecule has 0 amide bonds. The van der Waals surface area contributed by atoms with E-state index in [1.165, 1.54) is 0 Å². The van der Waals surface area contributed by atoms with Gasteiger partial charge in [0.1, 0.15) is 0 Å². The minimum Gasteiger partial charge on any atom is -0.379 e. The highest BCUT2D eigenvalue weighted by Gasteiger charge is 2.14. The van der Waals surface area contributed by atoms with Crippen molar-refractivity contribution in [3.63, 3.8) is 0 Å². The lowest BCUT2D eigenvalue weighted by molar-refractivity contribution is 0.647. The second-order valence-electron chi connectivity index (χ2n) is 3.99. The van der Waals surface area contributed by atoms with E-state index in [0.29, 0.717) is 0 Å².